The Morgan fingerprint density at radius 1 is 1.44 bits per heavy atom. The molecular formula is C13H17Cl2NOS. The summed E-state index contributed by atoms with van der Waals surface area (Å²) >= 11 is 13.5. The lowest BCUT2D eigenvalue weighted by Gasteiger charge is -2.29. The summed E-state index contributed by atoms with van der Waals surface area (Å²) in [6, 6.07) is 2.02. The van der Waals surface area contributed by atoms with Crippen molar-refractivity contribution in [2.45, 2.75) is 38.1 Å². The van der Waals surface area contributed by atoms with E-state index in [1.807, 2.05) is 13.0 Å². The summed E-state index contributed by atoms with van der Waals surface area (Å²) in [6.45, 7) is 1.99. The SMILES string of the molecule is CCC(CCl)(CCl)NC(=O)c1cc2c(s1)CCC2. The van der Waals surface area contributed by atoms with Gasteiger partial charge in [-0.1, -0.05) is 6.92 Å². The van der Waals surface area contributed by atoms with Crippen molar-refractivity contribution in [1.29, 1.82) is 0 Å². The van der Waals surface area contributed by atoms with Crippen LogP contribution in [0.25, 0.3) is 0 Å². The molecule has 0 aromatic carbocycles. The van der Waals surface area contributed by atoms with Crippen LogP contribution in [0.1, 0.15) is 39.9 Å². The van der Waals surface area contributed by atoms with Gasteiger partial charge in [0.25, 0.3) is 5.91 Å². The summed E-state index contributed by atoms with van der Waals surface area (Å²) in [5, 5.41) is 2.99. The Hall–Kier alpha value is -0.250. The van der Waals surface area contributed by atoms with Gasteiger partial charge in [0.2, 0.25) is 0 Å². The van der Waals surface area contributed by atoms with Gasteiger partial charge >= 0.3 is 0 Å². The van der Waals surface area contributed by atoms with Crippen LogP contribution in [-0.4, -0.2) is 23.2 Å². The lowest BCUT2D eigenvalue weighted by atomic mass is 10.0. The van der Waals surface area contributed by atoms with Gasteiger partial charge in [0.1, 0.15) is 0 Å². The predicted molar refractivity (Wildman–Crippen MR) is 78.3 cm³/mol. The number of nitrogens with one attached hydrogen (secondary N) is 1. The van der Waals surface area contributed by atoms with Gasteiger partial charge in [-0.15, -0.1) is 34.5 Å². The monoisotopic (exact) mass is 305 g/mol. The fraction of sp³-hybridized carbons (Fsp3) is 0.615. The fourth-order valence-electron chi connectivity index (χ4n) is 2.12. The second-order valence-electron chi connectivity index (χ2n) is 4.77. The number of halogens is 2. The van der Waals surface area contributed by atoms with E-state index in [4.69, 9.17) is 23.2 Å². The summed E-state index contributed by atoms with van der Waals surface area (Å²) in [7, 11) is 0. The van der Waals surface area contributed by atoms with Crippen LogP contribution in [0.4, 0.5) is 0 Å². The maximum Gasteiger partial charge on any atom is 0.261 e. The first-order valence-electron chi connectivity index (χ1n) is 6.20. The van der Waals surface area contributed by atoms with Gasteiger partial charge in [-0.25, -0.2) is 0 Å². The number of fused-ring (bicyclic) bond motifs is 1. The summed E-state index contributed by atoms with van der Waals surface area (Å²) in [5.41, 5.74) is 0.846. The van der Waals surface area contributed by atoms with E-state index < -0.39 is 5.54 Å². The average Bonchev–Trinajstić information content (AvgIpc) is 2.96. The quantitative estimate of drug-likeness (QED) is 0.828. The molecule has 1 amide bonds. The molecule has 0 atom stereocenters. The summed E-state index contributed by atoms with van der Waals surface area (Å²) in [5.74, 6) is 0.630. The van der Waals surface area contributed by atoms with Gasteiger partial charge in [0.05, 0.1) is 10.4 Å². The zero-order valence-corrected chi connectivity index (χ0v) is 12.7. The molecule has 18 heavy (non-hydrogen) atoms. The first-order valence-corrected chi connectivity index (χ1v) is 8.08. The van der Waals surface area contributed by atoms with Crippen LogP contribution in [0, 0.1) is 0 Å². The van der Waals surface area contributed by atoms with Crippen molar-refractivity contribution in [2.24, 2.45) is 0 Å². The second kappa shape index (κ2) is 5.81. The molecule has 100 valence electrons. The number of carbonyl (C=O) groups excluding carboxylic acids is 1. The molecule has 0 aliphatic heterocycles. The summed E-state index contributed by atoms with van der Waals surface area (Å²) in [4.78, 5) is 14.4. The topological polar surface area (TPSA) is 29.1 Å². The van der Waals surface area contributed by atoms with Gasteiger partial charge < -0.3 is 5.32 Å². The largest absolute Gasteiger partial charge is 0.344 e. The molecule has 0 saturated heterocycles. The summed E-state index contributed by atoms with van der Waals surface area (Å²) in [6.07, 6.45) is 4.16. The van der Waals surface area contributed by atoms with Crippen LogP contribution in [0.5, 0.6) is 0 Å². The van der Waals surface area contributed by atoms with Crippen LogP contribution in [-0.2, 0) is 12.8 Å². The molecule has 1 N–H and O–H groups in total. The van der Waals surface area contributed by atoms with E-state index in [1.54, 1.807) is 11.3 Å². The van der Waals surface area contributed by atoms with E-state index in [0.717, 1.165) is 24.1 Å². The zero-order chi connectivity index (χ0) is 13.2. The number of amides is 1. The number of hydrogen-bond acceptors (Lipinski definition) is 2. The average molecular weight is 306 g/mol. The van der Waals surface area contributed by atoms with Crippen molar-refractivity contribution in [3.05, 3.63) is 21.4 Å². The van der Waals surface area contributed by atoms with Crippen molar-refractivity contribution < 1.29 is 4.79 Å². The van der Waals surface area contributed by atoms with E-state index in [1.165, 1.54) is 16.9 Å². The number of rotatable bonds is 5. The van der Waals surface area contributed by atoms with E-state index in [9.17, 15) is 4.79 Å². The molecule has 0 spiro atoms. The first-order chi connectivity index (χ1) is 8.64. The molecule has 5 heteroatoms. The molecule has 1 heterocycles. The van der Waals surface area contributed by atoms with Gasteiger partial charge in [-0.2, -0.15) is 0 Å². The van der Waals surface area contributed by atoms with Crippen molar-refractivity contribution in [1.82, 2.24) is 5.32 Å². The van der Waals surface area contributed by atoms with E-state index in [2.05, 4.69) is 5.32 Å². The normalized spacial score (nSPS) is 14.6. The third-order valence-electron chi connectivity index (χ3n) is 3.54. The highest BCUT2D eigenvalue weighted by atomic mass is 35.5. The molecule has 1 aromatic rings. The second-order valence-corrected chi connectivity index (χ2v) is 6.44. The molecule has 2 rings (SSSR count). The predicted octanol–water partition coefficient (Wildman–Crippen LogP) is 3.59. The van der Waals surface area contributed by atoms with Crippen molar-refractivity contribution >= 4 is 40.4 Å². The molecule has 0 saturated carbocycles. The molecule has 0 radical (unpaired) electrons. The molecule has 0 fully saturated rings. The lowest BCUT2D eigenvalue weighted by molar-refractivity contribution is 0.0917. The number of thiophene rings is 1. The Labute approximate surface area is 122 Å². The Morgan fingerprint density at radius 3 is 2.72 bits per heavy atom. The minimum absolute atomic E-state index is 0.0439. The van der Waals surface area contributed by atoms with E-state index in [-0.39, 0.29) is 5.91 Å². The Morgan fingerprint density at radius 2 is 2.17 bits per heavy atom. The van der Waals surface area contributed by atoms with Gasteiger partial charge in [-0.3, -0.25) is 4.79 Å². The maximum absolute atomic E-state index is 12.2. The Kier molecular flexibility index (Phi) is 4.57. The van der Waals surface area contributed by atoms with Crippen molar-refractivity contribution in [3.8, 4) is 0 Å². The van der Waals surface area contributed by atoms with Crippen LogP contribution >= 0.6 is 34.5 Å². The standard InChI is InChI=1S/C13H17Cl2NOS/c1-2-13(7-14,8-15)16-12(17)11-6-9-4-3-5-10(9)18-11/h6H,2-5,7-8H2,1H3,(H,16,17). The van der Waals surface area contributed by atoms with Crippen molar-refractivity contribution in [3.63, 3.8) is 0 Å². The Bertz CT molecular complexity index is 410. The van der Waals surface area contributed by atoms with Crippen LogP contribution in [0.3, 0.4) is 0 Å². The third-order valence-corrected chi connectivity index (χ3v) is 5.80. The van der Waals surface area contributed by atoms with E-state index >= 15 is 0 Å². The van der Waals surface area contributed by atoms with Gasteiger partial charge in [-0.05, 0) is 37.3 Å². The third kappa shape index (κ3) is 2.68. The van der Waals surface area contributed by atoms with Gasteiger partial charge in [0, 0.05) is 16.6 Å². The zero-order valence-electron chi connectivity index (χ0n) is 10.4. The molecule has 0 unspecified atom stereocenters. The highest BCUT2D eigenvalue weighted by molar-refractivity contribution is 7.14. The van der Waals surface area contributed by atoms with Crippen molar-refractivity contribution in [2.75, 3.05) is 11.8 Å². The highest BCUT2D eigenvalue weighted by Gasteiger charge is 2.29. The van der Waals surface area contributed by atoms with E-state index in [0.29, 0.717) is 11.8 Å². The molecule has 1 aromatic heterocycles. The fourth-order valence-corrected chi connectivity index (χ4v) is 4.07. The van der Waals surface area contributed by atoms with Crippen LogP contribution in [0.15, 0.2) is 6.07 Å². The van der Waals surface area contributed by atoms with Gasteiger partial charge in [0.15, 0.2) is 0 Å². The minimum atomic E-state index is -0.491. The molecule has 0 bridgehead atoms. The maximum atomic E-state index is 12.2. The highest BCUT2D eigenvalue weighted by Crippen LogP contribution is 2.31. The molecule has 2 nitrogen and oxygen atoms in total. The molecular weight excluding hydrogens is 289 g/mol. The number of hydrogen-bond donors (Lipinski definition) is 1. The summed E-state index contributed by atoms with van der Waals surface area (Å²) < 4.78 is 0. The minimum Gasteiger partial charge on any atom is -0.344 e. The molecule has 1 aliphatic rings. The number of alkyl halides is 2. The smallest absolute Gasteiger partial charge is 0.261 e. The first kappa shape index (κ1) is 14.2. The Balaban J connectivity index is 2.11. The van der Waals surface area contributed by atoms with Crippen LogP contribution < -0.4 is 5.32 Å². The molecule has 1 aliphatic carbocycles. The number of carbonyl (C=O) groups is 1. The van der Waals surface area contributed by atoms with Crippen LogP contribution in [0.2, 0.25) is 0 Å². The number of aryl methyl sites for hydroxylation is 2. The lowest BCUT2D eigenvalue weighted by Crippen LogP contribution is -2.51.